The Morgan fingerprint density at radius 2 is 1.59 bits per heavy atom. The molecule has 1 heterocycles. The van der Waals surface area contributed by atoms with Crippen molar-refractivity contribution in [1.29, 1.82) is 0 Å². The van der Waals surface area contributed by atoms with E-state index in [0.717, 1.165) is 28.4 Å². The van der Waals surface area contributed by atoms with Crippen molar-refractivity contribution in [2.75, 3.05) is 6.61 Å². The third-order valence-electron chi connectivity index (χ3n) is 5.10. The highest BCUT2D eigenvalue weighted by Gasteiger charge is 2.14. The zero-order valence-corrected chi connectivity index (χ0v) is 18.4. The molecular weight excluding hydrogens is 404 g/mol. The van der Waals surface area contributed by atoms with E-state index < -0.39 is 0 Å². The number of benzene rings is 3. The van der Waals surface area contributed by atoms with Crippen LogP contribution in [0, 0.1) is 6.92 Å². The van der Waals surface area contributed by atoms with Crippen LogP contribution < -0.4 is 9.47 Å². The predicted molar refractivity (Wildman–Crippen MR) is 122 cm³/mol. The summed E-state index contributed by atoms with van der Waals surface area (Å²) in [6.45, 7) is 7.45. The number of hydrogen-bond donors (Lipinski definition) is 1. The van der Waals surface area contributed by atoms with Crippen LogP contribution in [0.25, 0.3) is 11.0 Å². The van der Waals surface area contributed by atoms with Gasteiger partial charge in [0, 0.05) is 12.0 Å². The number of ether oxygens (including phenoxy) is 2. The number of imidazole rings is 1. The second-order valence-corrected chi connectivity index (χ2v) is 7.38. The number of carbonyl (C=O) groups excluding carboxylic acids is 2. The van der Waals surface area contributed by atoms with Crippen molar-refractivity contribution in [3.63, 3.8) is 0 Å². The lowest BCUT2D eigenvalue weighted by atomic mass is 10.0. The Labute approximate surface area is 187 Å². The van der Waals surface area contributed by atoms with E-state index in [1.54, 1.807) is 0 Å². The third-order valence-corrected chi connectivity index (χ3v) is 5.10. The Morgan fingerprint density at radius 1 is 0.938 bits per heavy atom. The summed E-state index contributed by atoms with van der Waals surface area (Å²) in [5.41, 5.74) is 5.56. The lowest BCUT2D eigenvalue weighted by Gasteiger charge is -2.11. The van der Waals surface area contributed by atoms with E-state index in [-0.39, 0.29) is 12.1 Å². The molecule has 0 radical (unpaired) electrons. The fourth-order valence-corrected chi connectivity index (χ4v) is 3.33. The van der Waals surface area contributed by atoms with E-state index in [1.165, 1.54) is 16.7 Å². The molecule has 6 heteroatoms. The summed E-state index contributed by atoms with van der Waals surface area (Å²) in [4.78, 5) is 24.4. The van der Waals surface area contributed by atoms with Gasteiger partial charge in [-0.1, -0.05) is 48.9 Å². The highest BCUT2D eigenvalue weighted by molar-refractivity contribution is 5.77. The van der Waals surface area contributed by atoms with Gasteiger partial charge in [0.15, 0.2) is 0 Å². The average molecular weight is 431 g/mol. The third kappa shape index (κ3) is 5.84. The van der Waals surface area contributed by atoms with Crippen LogP contribution in [-0.2, 0) is 16.2 Å². The van der Waals surface area contributed by atoms with Gasteiger partial charge < -0.3 is 14.5 Å². The maximum Gasteiger partial charge on any atom is 0.373 e. The van der Waals surface area contributed by atoms with Gasteiger partial charge in [-0.3, -0.25) is 0 Å². The highest BCUT2D eigenvalue weighted by atomic mass is 16.5. The number of nitrogens with zero attached hydrogens (tertiary/aromatic N) is 1. The van der Waals surface area contributed by atoms with Gasteiger partial charge in [-0.15, -0.1) is 0 Å². The number of aryl methyl sites for hydroxylation is 1. The van der Waals surface area contributed by atoms with Crippen LogP contribution in [0.2, 0.25) is 0 Å². The molecule has 6 nitrogen and oxygen atoms in total. The van der Waals surface area contributed by atoms with Crippen LogP contribution in [0.4, 0.5) is 0 Å². The van der Waals surface area contributed by atoms with Crippen LogP contribution >= 0.6 is 0 Å². The summed E-state index contributed by atoms with van der Waals surface area (Å²) in [5, 5.41) is 0. The minimum atomic E-state index is 0.157. The molecular formula is C26H26N2O4. The zero-order valence-electron chi connectivity index (χ0n) is 18.4. The summed E-state index contributed by atoms with van der Waals surface area (Å²) >= 11 is 0. The molecule has 0 fully saturated rings. The molecule has 4 aromatic rings. The molecule has 0 bridgehead atoms. The number of aromatic amines is 1. The topological polar surface area (TPSA) is 81.3 Å². The second-order valence-electron chi connectivity index (χ2n) is 7.38. The van der Waals surface area contributed by atoms with Gasteiger partial charge in [-0.2, -0.15) is 9.59 Å². The number of aromatic nitrogens is 2. The Morgan fingerprint density at radius 3 is 2.25 bits per heavy atom. The Bertz CT molecular complexity index is 1170. The van der Waals surface area contributed by atoms with Crippen molar-refractivity contribution in [2.45, 2.75) is 33.3 Å². The van der Waals surface area contributed by atoms with E-state index in [4.69, 9.17) is 24.0 Å². The second kappa shape index (κ2) is 10.9. The van der Waals surface area contributed by atoms with Crippen LogP contribution in [0.15, 0.2) is 66.7 Å². The van der Waals surface area contributed by atoms with Gasteiger partial charge in [0.2, 0.25) is 0 Å². The maximum atomic E-state index is 8.12. The van der Waals surface area contributed by atoms with Gasteiger partial charge in [-0.05, 0) is 49.2 Å². The Kier molecular flexibility index (Phi) is 7.79. The zero-order chi connectivity index (χ0) is 22.9. The molecule has 4 rings (SSSR count). The molecule has 32 heavy (non-hydrogen) atoms. The monoisotopic (exact) mass is 430 g/mol. The van der Waals surface area contributed by atoms with Crippen molar-refractivity contribution in [3.05, 3.63) is 89.2 Å². The average Bonchev–Trinajstić information content (AvgIpc) is 3.23. The number of nitrogens with one attached hydrogen (secondary N) is 1. The van der Waals surface area contributed by atoms with Gasteiger partial charge in [-0.25, -0.2) is 4.98 Å². The molecule has 0 amide bonds. The van der Waals surface area contributed by atoms with E-state index in [0.29, 0.717) is 13.2 Å². The smallest absolute Gasteiger partial charge is 0.373 e. The normalized spacial score (nSPS) is 11.2. The van der Waals surface area contributed by atoms with Crippen molar-refractivity contribution in [3.8, 4) is 11.5 Å². The SMILES string of the molecule is CCOc1ccc2nc(C(C)c3ccc(OCc4ccc(C)cc4)cc3)[nH]c2c1.O=C=O. The molecule has 0 spiro atoms. The van der Waals surface area contributed by atoms with Crippen molar-refractivity contribution < 1.29 is 19.1 Å². The minimum absolute atomic E-state index is 0.157. The quantitative estimate of drug-likeness (QED) is 0.424. The van der Waals surface area contributed by atoms with Gasteiger partial charge in [0.1, 0.15) is 23.9 Å². The molecule has 1 unspecified atom stereocenters. The molecule has 164 valence electrons. The molecule has 1 N–H and O–H groups in total. The molecule has 0 saturated carbocycles. The Hall–Kier alpha value is -3.89. The largest absolute Gasteiger partial charge is 0.494 e. The first-order valence-electron chi connectivity index (χ1n) is 10.4. The molecule has 0 saturated heterocycles. The fourth-order valence-electron chi connectivity index (χ4n) is 3.33. The van der Waals surface area contributed by atoms with Crippen molar-refractivity contribution >= 4 is 17.2 Å². The van der Waals surface area contributed by atoms with E-state index >= 15 is 0 Å². The number of rotatable bonds is 7. The summed E-state index contributed by atoms with van der Waals surface area (Å²) in [7, 11) is 0. The van der Waals surface area contributed by atoms with Gasteiger partial charge in [0.05, 0.1) is 17.6 Å². The lowest BCUT2D eigenvalue weighted by molar-refractivity contribution is -0.191. The molecule has 0 aliphatic rings. The predicted octanol–water partition coefficient (Wildman–Crippen LogP) is 5.42. The highest BCUT2D eigenvalue weighted by Crippen LogP contribution is 2.27. The first-order valence-corrected chi connectivity index (χ1v) is 10.4. The Balaban J connectivity index is 0.000000913. The summed E-state index contributed by atoms with van der Waals surface area (Å²) in [5.74, 6) is 2.83. The first kappa shape index (κ1) is 22.8. The molecule has 3 aromatic carbocycles. The van der Waals surface area contributed by atoms with Crippen molar-refractivity contribution in [1.82, 2.24) is 9.97 Å². The van der Waals surface area contributed by atoms with Gasteiger partial charge in [0.25, 0.3) is 0 Å². The van der Waals surface area contributed by atoms with Crippen LogP contribution in [0.3, 0.4) is 0 Å². The standard InChI is InChI=1S/C25H26N2O2.CO2/c1-4-28-22-13-14-23-24(15-22)27-25(26-23)18(3)20-9-11-21(12-10-20)29-16-19-7-5-17(2)6-8-19;2-1-3/h5-15,18H,4,16H2,1-3H3,(H,26,27);. The number of fused-ring (bicyclic) bond motifs is 1. The first-order chi connectivity index (χ1) is 15.5. The lowest BCUT2D eigenvalue weighted by Crippen LogP contribution is -1.99. The molecule has 0 aliphatic heterocycles. The van der Waals surface area contributed by atoms with Crippen LogP contribution in [0.1, 0.15) is 42.3 Å². The van der Waals surface area contributed by atoms with E-state index in [9.17, 15) is 0 Å². The minimum Gasteiger partial charge on any atom is -0.494 e. The molecule has 1 aromatic heterocycles. The molecule has 1 atom stereocenters. The number of hydrogen-bond acceptors (Lipinski definition) is 5. The van der Waals surface area contributed by atoms with Gasteiger partial charge >= 0.3 is 6.15 Å². The molecule has 0 aliphatic carbocycles. The van der Waals surface area contributed by atoms with Crippen molar-refractivity contribution in [2.24, 2.45) is 0 Å². The summed E-state index contributed by atoms with van der Waals surface area (Å²) < 4.78 is 11.5. The number of H-pyrrole nitrogens is 1. The fraction of sp³-hybridized carbons (Fsp3) is 0.231. The van der Waals surface area contributed by atoms with Crippen LogP contribution in [0.5, 0.6) is 11.5 Å². The maximum absolute atomic E-state index is 8.12. The van der Waals surface area contributed by atoms with Crippen LogP contribution in [-0.4, -0.2) is 22.7 Å². The summed E-state index contributed by atoms with van der Waals surface area (Å²) in [6, 6.07) is 22.6. The van der Waals surface area contributed by atoms with E-state index in [2.05, 4.69) is 55.2 Å². The summed E-state index contributed by atoms with van der Waals surface area (Å²) in [6.07, 6.45) is 0.250. The van der Waals surface area contributed by atoms with E-state index in [1.807, 2.05) is 37.3 Å².